The topological polar surface area (TPSA) is 52.4 Å². The summed E-state index contributed by atoms with van der Waals surface area (Å²) in [6.45, 7) is 0. The van der Waals surface area contributed by atoms with Gasteiger partial charge in [-0.05, 0) is 6.07 Å². The SMILES string of the molecule is COc1c(F)cccc1/C=C/[N+](=O)[O-]. The molecule has 1 rings (SSSR count). The lowest BCUT2D eigenvalue weighted by molar-refractivity contribution is -0.400. The average Bonchev–Trinajstić information content (AvgIpc) is 2.14. The van der Waals surface area contributed by atoms with Gasteiger partial charge in [-0.25, -0.2) is 4.39 Å². The summed E-state index contributed by atoms with van der Waals surface area (Å²) < 4.78 is 17.8. The van der Waals surface area contributed by atoms with Crippen molar-refractivity contribution in [2.75, 3.05) is 7.11 Å². The van der Waals surface area contributed by atoms with Crippen LogP contribution in [0.1, 0.15) is 5.56 Å². The Labute approximate surface area is 79.8 Å². The second-order valence-electron chi connectivity index (χ2n) is 2.46. The Hall–Kier alpha value is -1.91. The minimum atomic E-state index is -0.621. The standard InChI is InChI=1S/C9H8FNO3/c1-14-9-7(5-6-11(12)13)3-2-4-8(9)10/h2-6H,1H3/b6-5+. The molecule has 0 aromatic heterocycles. The van der Waals surface area contributed by atoms with E-state index in [1.165, 1.54) is 31.4 Å². The van der Waals surface area contributed by atoms with Crippen molar-refractivity contribution in [3.8, 4) is 5.75 Å². The Bertz CT molecular complexity index is 376. The van der Waals surface area contributed by atoms with Gasteiger partial charge in [-0.3, -0.25) is 10.1 Å². The quantitative estimate of drug-likeness (QED) is 0.550. The number of ether oxygens (including phenoxy) is 1. The number of hydrogen-bond acceptors (Lipinski definition) is 3. The molecule has 0 aliphatic heterocycles. The van der Waals surface area contributed by atoms with Crippen LogP contribution >= 0.6 is 0 Å². The summed E-state index contributed by atoms with van der Waals surface area (Å²) in [7, 11) is 1.31. The Morgan fingerprint density at radius 3 is 2.86 bits per heavy atom. The van der Waals surface area contributed by atoms with Crippen LogP contribution in [0.3, 0.4) is 0 Å². The van der Waals surface area contributed by atoms with Gasteiger partial charge in [0, 0.05) is 11.6 Å². The highest BCUT2D eigenvalue weighted by molar-refractivity contribution is 5.56. The predicted octanol–water partition coefficient (Wildman–Crippen LogP) is 2.08. The molecule has 5 heteroatoms. The third kappa shape index (κ3) is 2.29. The molecule has 14 heavy (non-hydrogen) atoms. The van der Waals surface area contributed by atoms with Crippen LogP contribution in [-0.4, -0.2) is 12.0 Å². The van der Waals surface area contributed by atoms with Crippen molar-refractivity contribution in [1.82, 2.24) is 0 Å². The van der Waals surface area contributed by atoms with E-state index in [1.807, 2.05) is 0 Å². The molecule has 0 spiro atoms. The smallest absolute Gasteiger partial charge is 0.235 e. The molecule has 0 atom stereocenters. The molecule has 0 aliphatic rings. The Morgan fingerprint density at radius 1 is 1.57 bits per heavy atom. The van der Waals surface area contributed by atoms with Crippen LogP contribution in [0.4, 0.5) is 4.39 Å². The van der Waals surface area contributed by atoms with Gasteiger partial charge in [0.2, 0.25) is 6.20 Å². The first-order valence-corrected chi connectivity index (χ1v) is 3.79. The minimum Gasteiger partial charge on any atom is -0.493 e. The van der Waals surface area contributed by atoms with Crippen molar-refractivity contribution in [3.63, 3.8) is 0 Å². The molecule has 0 heterocycles. The fraction of sp³-hybridized carbons (Fsp3) is 0.111. The summed E-state index contributed by atoms with van der Waals surface area (Å²) in [6.07, 6.45) is 1.92. The van der Waals surface area contributed by atoms with E-state index in [0.717, 1.165) is 6.20 Å². The lowest BCUT2D eigenvalue weighted by atomic mass is 10.2. The average molecular weight is 197 g/mol. The summed E-state index contributed by atoms with van der Waals surface area (Å²) in [5.74, 6) is -0.538. The molecule has 74 valence electrons. The van der Waals surface area contributed by atoms with Gasteiger partial charge < -0.3 is 4.74 Å². The first-order chi connectivity index (χ1) is 6.65. The molecule has 4 nitrogen and oxygen atoms in total. The maximum Gasteiger partial charge on any atom is 0.235 e. The summed E-state index contributed by atoms with van der Waals surface area (Å²) in [4.78, 5) is 9.42. The van der Waals surface area contributed by atoms with E-state index in [9.17, 15) is 14.5 Å². The van der Waals surface area contributed by atoms with Crippen LogP contribution in [0.5, 0.6) is 5.75 Å². The van der Waals surface area contributed by atoms with Crippen LogP contribution < -0.4 is 4.74 Å². The number of rotatable bonds is 3. The molecule has 0 saturated carbocycles. The number of halogens is 1. The van der Waals surface area contributed by atoms with E-state index in [4.69, 9.17) is 4.74 Å². The second kappa shape index (κ2) is 4.36. The normalized spacial score (nSPS) is 10.4. The van der Waals surface area contributed by atoms with Gasteiger partial charge in [0.1, 0.15) is 0 Å². The van der Waals surface area contributed by atoms with Crippen molar-refractivity contribution < 1.29 is 14.1 Å². The molecule has 0 radical (unpaired) electrons. The highest BCUT2D eigenvalue weighted by Gasteiger charge is 2.06. The summed E-state index contributed by atoms with van der Waals surface area (Å²) in [6, 6.07) is 4.21. The van der Waals surface area contributed by atoms with Gasteiger partial charge >= 0.3 is 0 Å². The van der Waals surface area contributed by atoms with Gasteiger partial charge in [0.25, 0.3) is 0 Å². The number of hydrogen-bond donors (Lipinski definition) is 0. The number of nitrogens with zero attached hydrogens (tertiary/aromatic N) is 1. The summed E-state index contributed by atoms with van der Waals surface area (Å²) in [5.41, 5.74) is 0.337. The van der Waals surface area contributed by atoms with Gasteiger partial charge in [0.05, 0.1) is 12.0 Å². The van der Waals surface area contributed by atoms with E-state index in [0.29, 0.717) is 5.56 Å². The van der Waals surface area contributed by atoms with Gasteiger partial charge in [-0.15, -0.1) is 0 Å². The molecular formula is C9H8FNO3. The molecule has 1 aromatic rings. The zero-order chi connectivity index (χ0) is 10.6. The van der Waals surface area contributed by atoms with E-state index in [1.54, 1.807) is 0 Å². The molecule has 0 unspecified atom stereocenters. The van der Waals surface area contributed by atoms with Crippen LogP contribution in [0.15, 0.2) is 24.4 Å². The van der Waals surface area contributed by atoms with E-state index >= 15 is 0 Å². The Kier molecular flexibility index (Phi) is 3.17. The zero-order valence-corrected chi connectivity index (χ0v) is 7.44. The third-order valence-corrected chi connectivity index (χ3v) is 1.58. The lowest BCUT2D eigenvalue weighted by Crippen LogP contribution is -1.91. The monoisotopic (exact) mass is 197 g/mol. The minimum absolute atomic E-state index is 0.00519. The lowest BCUT2D eigenvalue weighted by Gasteiger charge is -2.03. The Balaban J connectivity index is 3.08. The van der Waals surface area contributed by atoms with Crippen LogP contribution in [0, 0.1) is 15.9 Å². The first kappa shape index (κ1) is 10.2. The highest BCUT2D eigenvalue weighted by Crippen LogP contribution is 2.23. The molecule has 1 aromatic carbocycles. The van der Waals surface area contributed by atoms with Crippen molar-refractivity contribution >= 4 is 6.08 Å². The molecule has 0 aliphatic carbocycles. The predicted molar refractivity (Wildman–Crippen MR) is 49.0 cm³/mol. The van der Waals surface area contributed by atoms with Crippen LogP contribution in [-0.2, 0) is 0 Å². The fourth-order valence-electron chi connectivity index (χ4n) is 1.01. The van der Waals surface area contributed by atoms with Gasteiger partial charge in [0.15, 0.2) is 11.6 Å². The Morgan fingerprint density at radius 2 is 2.29 bits per heavy atom. The molecule has 0 bridgehead atoms. The molecular weight excluding hydrogens is 189 g/mol. The highest BCUT2D eigenvalue weighted by atomic mass is 19.1. The first-order valence-electron chi connectivity index (χ1n) is 3.79. The molecule has 0 amide bonds. The van der Waals surface area contributed by atoms with Gasteiger partial charge in [-0.2, -0.15) is 0 Å². The van der Waals surface area contributed by atoms with Crippen LogP contribution in [0.2, 0.25) is 0 Å². The van der Waals surface area contributed by atoms with E-state index in [2.05, 4.69) is 0 Å². The van der Waals surface area contributed by atoms with Crippen molar-refractivity contribution in [2.24, 2.45) is 0 Å². The molecule has 0 saturated heterocycles. The fourth-order valence-corrected chi connectivity index (χ4v) is 1.01. The largest absolute Gasteiger partial charge is 0.493 e. The molecule has 0 N–H and O–H groups in total. The van der Waals surface area contributed by atoms with Crippen molar-refractivity contribution in [3.05, 3.63) is 45.9 Å². The second-order valence-corrected chi connectivity index (χ2v) is 2.46. The number of methoxy groups -OCH3 is 1. The summed E-state index contributed by atoms with van der Waals surface area (Å²) in [5, 5.41) is 10.0. The summed E-state index contributed by atoms with van der Waals surface area (Å²) >= 11 is 0. The third-order valence-electron chi connectivity index (χ3n) is 1.58. The maximum absolute atomic E-state index is 13.0. The number of para-hydroxylation sites is 1. The van der Waals surface area contributed by atoms with Crippen molar-refractivity contribution in [1.29, 1.82) is 0 Å². The van der Waals surface area contributed by atoms with Gasteiger partial charge in [-0.1, -0.05) is 12.1 Å². The maximum atomic E-state index is 13.0. The zero-order valence-electron chi connectivity index (χ0n) is 7.44. The van der Waals surface area contributed by atoms with E-state index in [-0.39, 0.29) is 5.75 Å². The van der Waals surface area contributed by atoms with Crippen LogP contribution in [0.25, 0.3) is 6.08 Å². The molecule has 0 fully saturated rings. The van der Waals surface area contributed by atoms with E-state index < -0.39 is 10.7 Å². The number of benzene rings is 1. The van der Waals surface area contributed by atoms with Crippen molar-refractivity contribution in [2.45, 2.75) is 0 Å². The number of nitro groups is 1.